The van der Waals surface area contributed by atoms with Crippen LogP contribution in [0.1, 0.15) is 28.9 Å². The number of fused-ring (bicyclic) bond motifs is 1. The van der Waals surface area contributed by atoms with Crippen molar-refractivity contribution < 1.29 is 18.7 Å². The number of hydrogen-bond donors (Lipinski definition) is 1. The first-order valence-electron chi connectivity index (χ1n) is 15.9. The number of aryl methyl sites for hydroxylation is 1. The minimum Gasteiger partial charge on any atom is -0.496 e. The van der Waals surface area contributed by atoms with Gasteiger partial charge < -0.3 is 24.4 Å². The smallest absolute Gasteiger partial charge is 0.270 e. The number of carbonyl (C=O) groups excluding carboxylic acids is 2. The molecule has 2 aromatic carbocycles. The fraction of sp³-hybridized carbons (Fsp3) is 0.286. The zero-order valence-electron chi connectivity index (χ0n) is 26.4. The molecule has 5 aromatic rings. The molecule has 3 aromatic heterocycles. The van der Waals surface area contributed by atoms with Crippen molar-refractivity contribution in [2.75, 3.05) is 51.3 Å². The number of pyridine rings is 1. The molecule has 2 aliphatic rings. The van der Waals surface area contributed by atoms with Crippen molar-refractivity contribution in [3.05, 3.63) is 95.3 Å². The van der Waals surface area contributed by atoms with E-state index in [2.05, 4.69) is 25.2 Å². The van der Waals surface area contributed by atoms with Gasteiger partial charge in [0.05, 0.1) is 30.4 Å². The lowest BCUT2D eigenvalue weighted by Crippen LogP contribution is -2.49. The van der Waals surface area contributed by atoms with E-state index in [1.807, 2.05) is 36.4 Å². The van der Waals surface area contributed by atoms with Crippen LogP contribution in [0.25, 0.3) is 27.6 Å². The number of H-pyrrole nitrogens is 1. The summed E-state index contributed by atoms with van der Waals surface area (Å²) >= 11 is 6.36. The summed E-state index contributed by atoms with van der Waals surface area (Å²) in [5.41, 5.74) is 3.09. The maximum atomic E-state index is 16.6. The number of halogens is 2. The van der Waals surface area contributed by atoms with Gasteiger partial charge in [0, 0.05) is 74.6 Å². The van der Waals surface area contributed by atoms with Crippen LogP contribution in [0.3, 0.4) is 0 Å². The van der Waals surface area contributed by atoms with Crippen LogP contribution in [-0.2, 0) is 11.3 Å². The molecule has 2 aliphatic heterocycles. The Morgan fingerprint density at radius 2 is 1.81 bits per heavy atom. The number of ether oxygens (including phenoxy) is 1. The first-order valence-corrected chi connectivity index (χ1v) is 16.2. The maximum Gasteiger partial charge on any atom is 0.270 e. The van der Waals surface area contributed by atoms with Crippen LogP contribution in [0.4, 0.5) is 10.2 Å². The van der Waals surface area contributed by atoms with E-state index in [1.54, 1.807) is 58.4 Å². The number of aromatic nitrogens is 5. The summed E-state index contributed by atoms with van der Waals surface area (Å²) in [5, 5.41) is 8.87. The lowest BCUT2D eigenvalue weighted by molar-refractivity contribution is -0.131. The van der Waals surface area contributed by atoms with Crippen LogP contribution in [0, 0.1) is 5.82 Å². The van der Waals surface area contributed by atoms with Gasteiger partial charge in [-0.3, -0.25) is 14.3 Å². The van der Waals surface area contributed by atoms with Crippen molar-refractivity contribution in [1.82, 2.24) is 34.8 Å². The van der Waals surface area contributed by atoms with Crippen molar-refractivity contribution in [3.8, 4) is 16.9 Å². The molecule has 0 spiro atoms. The van der Waals surface area contributed by atoms with Crippen molar-refractivity contribution in [3.63, 3.8) is 0 Å². The summed E-state index contributed by atoms with van der Waals surface area (Å²) in [5.74, 6) is 0.588. The molecule has 0 unspecified atom stereocenters. The Kier molecular flexibility index (Phi) is 8.81. The highest BCUT2D eigenvalue weighted by Crippen LogP contribution is 2.40. The number of benzene rings is 2. The highest BCUT2D eigenvalue weighted by Gasteiger charge is 2.28. The zero-order chi connectivity index (χ0) is 33.2. The Morgan fingerprint density at radius 3 is 2.58 bits per heavy atom. The Labute approximate surface area is 281 Å². The third-order valence-corrected chi connectivity index (χ3v) is 9.26. The summed E-state index contributed by atoms with van der Waals surface area (Å²) in [6, 6.07) is 14.7. The van der Waals surface area contributed by atoms with E-state index in [1.165, 1.54) is 0 Å². The number of aromatic amines is 1. The number of rotatable bonds is 8. The molecule has 0 saturated carbocycles. The molecule has 1 fully saturated rings. The standard InChI is InChI=1S/C35H34ClFN8O3/c1-48-30-9-3-2-7-24(30)26-20-25(23-6-5-13-44(22-23)31(46)10-14-45-15-12-39-41-45)32(37)33-27(26)21-29(40-33)35(47)43-18-16-42(17-19-43)34-28(36)8-4-11-38-34/h2-4,6-9,11-12,15,20-21,40H,5,10,13-14,16-19,22H2,1H3. The van der Waals surface area contributed by atoms with Gasteiger partial charge in [0.2, 0.25) is 5.91 Å². The fourth-order valence-corrected chi connectivity index (χ4v) is 6.71. The van der Waals surface area contributed by atoms with Crippen LogP contribution in [0.15, 0.2) is 73.2 Å². The van der Waals surface area contributed by atoms with Gasteiger partial charge in [-0.2, -0.15) is 0 Å². The summed E-state index contributed by atoms with van der Waals surface area (Å²) in [4.78, 5) is 40.1. The lowest BCUT2D eigenvalue weighted by Gasteiger charge is -2.35. The highest BCUT2D eigenvalue weighted by atomic mass is 35.5. The first-order chi connectivity index (χ1) is 23.4. The molecule has 0 bridgehead atoms. The van der Waals surface area contributed by atoms with Gasteiger partial charge in [-0.05, 0) is 47.9 Å². The maximum absolute atomic E-state index is 16.6. The van der Waals surface area contributed by atoms with Crippen LogP contribution < -0.4 is 9.64 Å². The van der Waals surface area contributed by atoms with Crippen molar-refractivity contribution in [2.24, 2.45) is 0 Å². The number of nitrogens with zero attached hydrogens (tertiary/aromatic N) is 7. The number of carbonyl (C=O) groups is 2. The molecule has 246 valence electrons. The number of methoxy groups -OCH3 is 1. The van der Waals surface area contributed by atoms with Gasteiger partial charge in [0.1, 0.15) is 17.3 Å². The fourth-order valence-electron chi connectivity index (χ4n) is 6.47. The molecule has 0 atom stereocenters. The largest absolute Gasteiger partial charge is 0.496 e. The molecule has 0 radical (unpaired) electrons. The van der Waals surface area contributed by atoms with Crippen molar-refractivity contribution in [1.29, 1.82) is 0 Å². The molecular formula is C35H34ClFN8O3. The molecule has 7 rings (SSSR count). The predicted molar refractivity (Wildman–Crippen MR) is 181 cm³/mol. The number of amides is 2. The van der Waals surface area contributed by atoms with E-state index in [0.29, 0.717) is 84.5 Å². The first kappa shape index (κ1) is 31.4. The molecule has 1 saturated heterocycles. The molecule has 11 nitrogen and oxygen atoms in total. The minimum absolute atomic E-state index is 0.0410. The number of piperazine rings is 1. The summed E-state index contributed by atoms with van der Waals surface area (Å²) in [7, 11) is 1.59. The lowest BCUT2D eigenvalue weighted by atomic mass is 9.93. The molecule has 2 amide bonds. The second kappa shape index (κ2) is 13.5. The predicted octanol–water partition coefficient (Wildman–Crippen LogP) is 5.29. The average Bonchev–Trinajstić information content (AvgIpc) is 3.82. The normalized spacial score (nSPS) is 15.1. The Bertz CT molecular complexity index is 2000. The monoisotopic (exact) mass is 668 g/mol. The summed E-state index contributed by atoms with van der Waals surface area (Å²) < 4.78 is 23.9. The summed E-state index contributed by atoms with van der Waals surface area (Å²) in [6.45, 7) is 3.28. The van der Waals surface area contributed by atoms with Crippen molar-refractivity contribution >= 4 is 45.7 Å². The molecular weight excluding hydrogens is 635 g/mol. The Morgan fingerprint density at radius 1 is 0.979 bits per heavy atom. The second-order valence-electron chi connectivity index (χ2n) is 11.8. The van der Waals surface area contributed by atoms with Crippen molar-refractivity contribution in [2.45, 2.75) is 19.4 Å². The zero-order valence-corrected chi connectivity index (χ0v) is 27.2. The van der Waals surface area contributed by atoms with E-state index in [9.17, 15) is 9.59 Å². The van der Waals surface area contributed by atoms with Gasteiger partial charge in [0.15, 0.2) is 5.82 Å². The van der Waals surface area contributed by atoms with Gasteiger partial charge in [-0.25, -0.2) is 9.37 Å². The van der Waals surface area contributed by atoms with Crippen LogP contribution in [0.5, 0.6) is 5.75 Å². The second-order valence-corrected chi connectivity index (χ2v) is 12.2. The van der Waals surface area contributed by atoms with Crippen LogP contribution in [-0.4, -0.2) is 93.0 Å². The quantitative estimate of drug-likeness (QED) is 0.239. The van der Waals surface area contributed by atoms with E-state index in [0.717, 1.165) is 11.1 Å². The molecule has 1 N–H and O–H groups in total. The highest BCUT2D eigenvalue weighted by molar-refractivity contribution is 6.32. The summed E-state index contributed by atoms with van der Waals surface area (Å²) in [6.07, 6.45) is 7.83. The number of anilines is 1. The number of para-hydroxylation sites is 1. The third kappa shape index (κ3) is 6.11. The van der Waals surface area contributed by atoms with Gasteiger partial charge in [-0.1, -0.05) is 41.1 Å². The molecule has 5 heterocycles. The van der Waals surface area contributed by atoms with E-state index in [-0.39, 0.29) is 30.3 Å². The average molecular weight is 669 g/mol. The van der Waals surface area contributed by atoms with Gasteiger partial charge in [-0.15, -0.1) is 5.10 Å². The number of nitrogens with one attached hydrogen (secondary N) is 1. The Balaban J connectivity index is 1.20. The molecule has 13 heteroatoms. The molecule has 0 aliphatic carbocycles. The number of hydrogen-bond acceptors (Lipinski definition) is 7. The third-order valence-electron chi connectivity index (χ3n) is 8.96. The van der Waals surface area contributed by atoms with Gasteiger partial charge >= 0.3 is 0 Å². The molecule has 48 heavy (non-hydrogen) atoms. The Hall–Kier alpha value is -5.23. The van der Waals surface area contributed by atoms with E-state index in [4.69, 9.17) is 16.3 Å². The van der Waals surface area contributed by atoms with Crippen LogP contribution in [0.2, 0.25) is 5.02 Å². The van der Waals surface area contributed by atoms with Crippen LogP contribution >= 0.6 is 11.6 Å². The van der Waals surface area contributed by atoms with E-state index >= 15 is 4.39 Å². The minimum atomic E-state index is -0.472. The van der Waals surface area contributed by atoms with Gasteiger partial charge in [0.25, 0.3) is 5.91 Å². The van der Waals surface area contributed by atoms with E-state index < -0.39 is 5.82 Å². The topological polar surface area (TPSA) is 112 Å². The SMILES string of the molecule is COc1ccccc1-c1cc(C2=CCCN(C(=O)CCn3ccnn3)C2)c(F)c2[nH]c(C(=O)N3CCN(c4ncccc4Cl)CC3)cc12.